The molecule has 1 aromatic carbocycles. The number of aryl methyl sites for hydroxylation is 1. The fraction of sp³-hybridized carbons (Fsp3) is 0.391. The summed E-state index contributed by atoms with van der Waals surface area (Å²) in [6.45, 7) is 2.33. The molecule has 0 spiro atoms. The molecule has 0 saturated heterocycles. The molecule has 2 heterocycles. The normalized spacial score (nSPS) is 15.4. The summed E-state index contributed by atoms with van der Waals surface area (Å²) in [6.07, 6.45) is 4.31. The summed E-state index contributed by atoms with van der Waals surface area (Å²) in [5.74, 6) is 1.44. The van der Waals surface area contributed by atoms with E-state index in [-0.39, 0.29) is 24.6 Å². The Morgan fingerprint density at radius 1 is 1.29 bits per heavy atom. The largest absolute Gasteiger partial charge is 0.493 e. The van der Waals surface area contributed by atoms with Gasteiger partial charge in [-0.25, -0.2) is 9.97 Å². The number of carbonyl (C=O) groups excluding carboxylic acids is 1. The third-order valence-electron chi connectivity index (χ3n) is 5.70. The smallest absolute Gasteiger partial charge is 0.263 e. The van der Waals surface area contributed by atoms with E-state index < -0.39 is 0 Å². The summed E-state index contributed by atoms with van der Waals surface area (Å²) >= 11 is 0. The summed E-state index contributed by atoms with van der Waals surface area (Å²) in [5.41, 5.74) is 3.10. The molecular weight excluding hydrogens is 396 g/mol. The van der Waals surface area contributed by atoms with Crippen molar-refractivity contribution in [1.82, 2.24) is 19.9 Å². The molecule has 1 aliphatic carbocycles. The van der Waals surface area contributed by atoms with Gasteiger partial charge in [0.15, 0.2) is 17.1 Å². The number of pyridine rings is 1. The number of aromatic nitrogens is 3. The second-order valence-electron chi connectivity index (χ2n) is 7.92. The monoisotopic (exact) mass is 422 g/mol. The Labute approximate surface area is 180 Å². The lowest BCUT2D eigenvalue weighted by Crippen LogP contribution is -2.32. The molecule has 2 aromatic heterocycles. The standard InChI is InChI=1S/C23H26N4O4/c1-14-7-8-18-16(9-14)10-17-22(26-18)25-13-27(23(17)29)12-20(28)24-11-15-5-4-6-19(30-2)21(15)31-3/h4-6,10,13-14H,7-9,11-12H2,1-3H3,(H,24,28)/t14-/m1/s1. The molecule has 4 rings (SSSR count). The lowest BCUT2D eigenvalue weighted by atomic mass is 9.87. The molecule has 8 heteroatoms. The van der Waals surface area contributed by atoms with Crippen LogP contribution in [0.4, 0.5) is 0 Å². The van der Waals surface area contributed by atoms with E-state index in [0.29, 0.717) is 28.5 Å². The number of hydrogen-bond donors (Lipinski definition) is 1. The van der Waals surface area contributed by atoms with Crippen LogP contribution in [0.15, 0.2) is 35.4 Å². The quantitative estimate of drug-likeness (QED) is 0.655. The minimum Gasteiger partial charge on any atom is -0.493 e. The van der Waals surface area contributed by atoms with Crippen molar-refractivity contribution in [1.29, 1.82) is 0 Å². The first-order chi connectivity index (χ1) is 15.0. The fourth-order valence-corrected chi connectivity index (χ4v) is 4.03. The van der Waals surface area contributed by atoms with Crippen LogP contribution in [0.2, 0.25) is 0 Å². The molecule has 31 heavy (non-hydrogen) atoms. The van der Waals surface area contributed by atoms with E-state index in [2.05, 4.69) is 22.2 Å². The molecule has 162 valence electrons. The van der Waals surface area contributed by atoms with Gasteiger partial charge in [0.05, 0.1) is 19.6 Å². The highest BCUT2D eigenvalue weighted by Gasteiger charge is 2.19. The fourth-order valence-electron chi connectivity index (χ4n) is 4.03. The predicted octanol–water partition coefficient (Wildman–Crippen LogP) is 2.25. The van der Waals surface area contributed by atoms with E-state index in [0.717, 1.165) is 36.1 Å². The van der Waals surface area contributed by atoms with E-state index >= 15 is 0 Å². The van der Waals surface area contributed by atoms with Crippen LogP contribution in [-0.4, -0.2) is 34.7 Å². The maximum atomic E-state index is 13.0. The Balaban J connectivity index is 1.52. The number of hydrogen-bond acceptors (Lipinski definition) is 6. The van der Waals surface area contributed by atoms with E-state index in [9.17, 15) is 9.59 Å². The van der Waals surface area contributed by atoms with Gasteiger partial charge in [-0.1, -0.05) is 19.1 Å². The number of fused-ring (bicyclic) bond motifs is 2. The third-order valence-corrected chi connectivity index (χ3v) is 5.70. The number of rotatable bonds is 6. The zero-order valence-electron chi connectivity index (χ0n) is 18.0. The lowest BCUT2D eigenvalue weighted by molar-refractivity contribution is -0.121. The van der Waals surface area contributed by atoms with Crippen molar-refractivity contribution >= 4 is 16.9 Å². The van der Waals surface area contributed by atoms with Crippen LogP contribution in [0.25, 0.3) is 11.0 Å². The van der Waals surface area contributed by atoms with Gasteiger partial charge in [-0.05, 0) is 42.9 Å². The summed E-state index contributed by atoms with van der Waals surface area (Å²) in [7, 11) is 3.11. The minimum absolute atomic E-state index is 0.123. The second-order valence-corrected chi connectivity index (χ2v) is 7.92. The van der Waals surface area contributed by atoms with Crippen molar-refractivity contribution in [3.8, 4) is 11.5 Å². The highest BCUT2D eigenvalue weighted by atomic mass is 16.5. The molecule has 1 aliphatic rings. The molecule has 1 N–H and O–H groups in total. The molecule has 0 radical (unpaired) electrons. The first kappa shape index (κ1) is 20.8. The number of carbonyl (C=O) groups is 1. The van der Waals surface area contributed by atoms with Crippen LogP contribution in [0.1, 0.15) is 30.2 Å². The van der Waals surface area contributed by atoms with Gasteiger partial charge in [0.2, 0.25) is 5.91 Å². The van der Waals surface area contributed by atoms with E-state index in [1.807, 2.05) is 18.2 Å². The molecule has 0 aliphatic heterocycles. The van der Waals surface area contributed by atoms with Gasteiger partial charge in [-0.15, -0.1) is 0 Å². The lowest BCUT2D eigenvalue weighted by Gasteiger charge is -2.20. The van der Waals surface area contributed by atoms with Gasteiger partial charge in [-0.2, -0.15) is 0 Å². The number of nitrogens with one attached hydrogen (secondary N) is 1. The number of ether oxygens (including phenoxy) is 2. The Bertz CT molecular complexity index is 1190. The molecular formula is C23H26N4O4. The molecule has 1 atom stereocenters. The third kappa shape index (κ3) is 4.23. The van der Waals surface area contributed by atoms with Crippen molar-refractivity contribution < 1.29 is 14.3 Å². The molecule has 0 saturated carbocycles. The number of amides is 1. The van der Waals surface area contributed by atoms with Crippen LogP contribution in [-0.2, 0) is 30.7 Å². The van der Waals surface area contributed by atoms with Gasteiger partial charge in [0.1, 0.15) is 12.9 Å². The zero-order chi connectivity index (χ0) is 22.0. The SMILES string of the molecule is COc1cccc(CNC(=O)Cn2cnc3nc4c(cc3c2=O)C[C@H](C)CC4)c1OC. The van der Waals surface area contributed by atoms with E-state index in [1.165, 1.54) is 10.9 Å². The molecule has 0 unspecified atom stereocenters. The zero-order valence-corrected chi connectivity index (χ0v) is 18.0. The second kappa shape index (κ2) is 8.75. The van der Waals surface area contributed by atoms with E-state index in [4.69, 9.17) is 9.47 Å². The van der Waals surface area contributed by atoms with Crippen LogP contribution in [0.5, 0.6) is 11.5 Å². The van der Waals surface area contributed by atoms with Crippen molar-refractivity contribution in [2.45, 2.75) is 39.3 Å². The highest BCUT2D eigenvalue weighted by molar-refractivity contribution is 5.77. The van der Waals surface area contributed by atoms with Crippen molar-refractivity contribution in [3.05, 3.63) is 57.8 Å². The molecule has 0 fully saturated rings. The van der Waals surface area contributed by atoms with Crippen LogP contribution in [0.3, 0.4) is 0 Å². The molecule has 1 amide bonds. The minimum atomic E-state index is -0.298. The Kier molecular flexibility index (Phi) is 5.88. The van der Waals surface area contributed by atoms with Crippen molar-refractivity contribution in [2.24, 2.45) is 5.92 Å². The van der Waals surface area contributed by atoms with Gasteiger partial charge in [-0.3, -0.25) is 14.2 Å². The molecule has 3 aromatic rings. The average Bonchev–Trinajstić information content (AvgIpc) is 2.78. The Hall–Kier alpha value is -3.42. The van der Waals surface area contributed by atoms with Crippen molar-refractivity contribution in [3.63, 3.8) is 0 Å². The molecule has 0 bridgehead atoms. The van der Waals surface area contributed by atoms with Crippen LogP contribution >= 0.6 is 0 Å². The number of benzene rings is 1. The van der Waals surface area contributed by atoms with Crippen LogP contribution < -0.4 is 20.3 Å². The average molecular weight is 422 g/mol. The maximum absolute atomic E-state index is 13.0. The highest BCUT2D eigenvalue weighted by Crippen LogP contribution is 2.30. The first-order valence-corrected chi connectivity index (χ1v) is 10.3. The Morgan fingerprint density at radius 3 is 2.90 bits per heavy atom. The topological polar surface area (TPSA) is 95.3 Å². The van der Waals surface area contributed by atoms with E-state index in [1.54, 1.807) is 20.3 Å². The van der Waals surface area contributed by atoms with Gasteiger partial charge in [0, 0.05) is 17.8 Å². The number of methoxy groups -OCH3 is 2. The summed E-state index contributed by atoms with van der Waals surface area (Å²) in [6, 6.07) is 7.37. The summed E-state index contributed by atoms with van der Waals surface area (Å²) in [4.78, 5) is 34.4. The van der Waals surface area contributed by atoms with Crippen LogP contribution in [0, 0.1) is 5.92 Å². The predicted molar refractivity (Wildman–Crippen MR) is 116 cm³/mol. The maximum Gasteiger partial charge on any atom is 0.263 e. The van der Waals surface area contributed by atoms with Gasteiger partial charge in [0.25, 0.3) is 5.56 Å². The molecule has 8 nitrogen and oxygen atoms in total. The Morgan fingerprint density at radius 2 is 2.13 bits per heavy atom. The number of nitrogens with zero attached hydrogens (tertiary/aromatic N) is 3. The summed E-state index contributed by atoms with van der Waals surface area (Å²) < 4.78 is 12.0. The number of para-hydroxylation sites is 1. The first-order valence-electron chi connectivity index (χ1n) is 10.3. The van der Waals surface area contributed by atoms with Gasteiger partial charge >= 0.3 is 0 Å². The van der Waals surface area contributed by atoms with Crippen molar-refractivity contribution in [2.75, 3.05) is 14.2 Å². The summed E-state index contributed by atoms with van der Waals surface area (Å²) in [5, 5.41) is 3.28. The van der Waals surface area contributed by atoms with Gasteiger partial charge < -0.3 is 14.8 Å².